The molecule has 0 heterocycles. The van der Waals surface area contributed by atoms with Crippen LogP contribution in [0.25, 0.3) is 0 Å². The van der Waals surface area contributed by atoms with Crippen molar-refractivity contribution in [3.05, 3.63) is 0 Å². The average molecular weight is 256 g/mol. The largest absolute Gasteiger partial charge is 0.481 e. The molecule has 1 aliphatic carbocycles. The van der Waals surface area contributed by atoms with E-state index in [1.54, 1.807) is 0 Å². The van der Waals surface area contributed by atoms with Gasteiger partial charge >= 0.3 is 5.97 Å². The van der Waals surface area contributed by atoms with Crippen molar-refractivity contribution in [1.29, 1.82) is 0 Å². The van der Waals surface area contributed by atoms with Gasteiger partial charge in [0, 0.05) is 18.5 Å². The van der Waals surface area contributed by atoms with E-state index in [-0.39, 0.29) is 29.8 Å². The number of aliphatic carboxylic acids is 1. The van der Waals surface area contributed by atoms with E-state index >= 15 is 0 Å². The van der Waals surface area contributed by atoms with Gasteiger partial charge in [-0.1, -0.05) is 27.2 Å². The molecule has 0 spiro atoms. The number of nitrogens with two attached hydrogens (primary N) is 1. The van der Waals surface area contributed by atoms with Crippen LogP contribution >= 0.6 is 0 Å². The highest BCUT2D eigenvalue weighted by Crippen LogP contribution is 2.26. The maximum Gasteiger partial charge on any atom is 0.308 e. The summed E-state index contributed by atoms with van der Waals surface area (Å²) >= 11 is 0. The Labute approximate surface area is 108 Å². The Morgan fingerprint density at radius 2 is 2.00 bits per heavy atom. The number of nitrogens with one attached hydrogen (secondary N) is 1. The van der Waals surface area contributed by atoms with Crippen LogP contribution in [-0.4, -0.2) is 29.1 Å². The second-order valence-corrected chi connectivity index (χ2v) is 6.23. The van der Waals surface area contributed by atoms with Gasteiger partial charge in [-0.2, -0.15) is 0 Å². The fourth-order valence-corrected chi connectivity index (χ4v) is 2.20. The van der Waals surface area contributed by atoms with E-state index in [0.717, 1.165) is 12.8 Å². The van der Waals surface area contributed by atoms with E-state index in [9.17, 15) is 9.59 Å². The van der Waals surface area contributed by atoms with Crippen LogP contribution in [0.5, 0.6) is 0 Å². The van der Waals surface area contributed by atoms with E-state index in [4.69, 9.17) is 10.8 Å². The third-order valence-corrected chi connectivity index (χ3v) is 3.70. The summed E-state index contributed by atoms with van der Waals surface area (Å²) < 4.78 is 0. The van der Waals surface area contributed by atoms with Crippen LogP contribution in [0.3, 0.4) is 0 Å². The minimum Gasteiger partial charge on any atom is -0.481 e. The summed E-state index contributed by atoms with van der Waals surface area (Å²) in [4.78, 5) is 22.8. The first kappa shape index (κ1) is 15.0. The summed E-state index contributed by atoms with van der Waals surface area (Å²) in [5, 5.41) is 11.8. The smallest absolute Gasteiger partial charge is 0.308 e. The molecule has 1 rings (SSSR count). The number of carbonyl (C=O) groups excluding carboxylic acids is 1. The molecule has 104 valence electrons. The Kier molecular flexibility index (Phi) is 4.73. The van der Waals surface area contributed by atoms with Crippen molar-refractivity contribution < 1.29 is 14.7 Å². The number of carboxylic acid groups (broad SMARTS) is 1. The summed E-state index contributed by atoms with van der Waals surface area (Å²) in [6.07, 6.45) is 2.48. The first-order valence-corrected chi connectivity index (χ1v) is 6.49. The fourth-order valence-electron chi connectivity index (χ4n) is 2.20. The highest BCUT2D eigenvalue weighted by Gasteiger charge is 2.34. The lowest BCUT2D eigenvalue weighted by molar-refractivity contribution is -0.142. The molecular weight excluding hydrogens is 232 g/mol. The van der Waals surface area contributed by atoms with Crippen LogP contribution in [0, 0.1) is 11.3 Å². The molecule has 0 bridgehead atoms. The minimum atomic E-state index is -0.821. The first-order chi connectivity index (χ1) is 8.21. The molecule has 1 amide bonds. The lowest BCUT2D eigenvalue weighted by Gasteiger charge is -2.27. The normalized spacial score (nSPS) is 25.8. The lowest BCUT2D eigenvalue weighted by atomic mass is 9.85. The van der Waals surface area contributed by atoms with E-state index in [1.807, 2.05) is 20.8 Å². The topological polar surface area (TPSA) is 92.4 Å². The van der Waals surface area contributed by atoms with Crippen LogP contribution in [0.15, 0.2) is 0 Å². The quantitative estimate of drug-likeness (QED) is 0.702. The van der Waals surface area contributed by atoms with Crippen molar-refractivity contribution in [3.63, 3.8) is 0 Å². The van der Waals surface area contributed by atoms with Crippen molar-refractivity contribution in [2.24, 2.45) is 17.1 Å². The highest BCUT2D eigenvalue weighted by atomic mass is 16.4. The van der Waals surface area contributed by atoms with Crippen molar-refractivity contribution in [3.8, 4) is 0 Å². The Hall–Kier alpha value is -1.10. The van der Waals surface area contributed by atoms with Gasteiger partial charge in [0.1, 0.15) is 0 Å². The van der Waals surface area contributed by atoms with Gasteiger partial charge in [0.2, 0.25) is 5.91 Å². The fraction of sp³-hybridized carbons (Fsp3) is 0.846. The zero-order chi connectivity index (χ0) is 13.9. The summed E-state index contributed by atoms with van der Waals surface area (Å²) in [7, 11) is 0. The summed E-state index contributed by atoms with van der Waals surface area (Å²) in [6, 6.07) is -0.454. The molecule has 18 heavy (non-hydrogen) atoms. The summed E-state index contributed by atoms with van der Waals surface area (Å²) in [5.74, 6) is -1.41. The molecule has 3 atom stereocenters. The van der Waals surface area contributed by atoms with Crippen molar-refractivity contribution in [2.75, 3.05) is 0 Å². The minimum absolute atomic E-state index is 0.126. The molecule has 5 nitrogen and oxygen atoms in total. The van der Waals surface area contributed by atoms with Gasteiger partial charge < -0.3 is 16.2 Å². The Balaban J connectivity index is 2.48. The molecule has 0 radical (unpaired) electrons. The van der Waals surface area contributed by atoms with Crippen molar-refractivity contribution in [1.82, 2.24) is 5.32 Å². The highest BCUT2D eigenvalue weighted by molar-refractivity contribution is 5.79. The predicted octanol–water partition coefficient (Wildman–Crippen LogP) is 1.12. The molecule has 0 saturated heterocycles. The Morgan fingerprint density at radius 1 is 1.39 bits per heavy atom. The van der Waals surface area contributed by atoms with Gasteiger partial charge in [0.25, 0.3) is 0 Å². The number of carbonyl (C=O) groups is 2. The molecule has 0 aliphatic heterocycles. The molecule has 0 aromatic rings. The molecule has 4 N–H and O–H groups in total. The Bertz CT molecular complexity index is 323. The molecular formula is C13H24N2O3. The monoisotopic (exact) mass is 256 g/mol. The van der Waals surface area contributed by atoms with E-state index in [0.29, 0.717) is 6.42 Å². The third kappa shape index (κ3) is 3.98. The zero-order valence-corrected chi connectivity index (χ0v) is 11.4. The lowest BCUT2D eigenvalue weighted by Crippen LogP contribution is -2.45. The van der Waals surface area contributed by atoms with Crippen LogP contribution < -0.4 is 11.1 Å². The van der Waals surface area contributed by atoms with Gasteiger partial charge in [0.15, 0.2) is 0 Å². The van der Waals surface area contributed by atoms with Gasteiger partial charge in [-0.15, -0.1) is 0 Å². The van der Waals surface area contributed by atoms with Crippen LogP contribution in [0.1, 0.15) is 46.5 Å². The van der Waals surface area contributed by atoms with Crippen LogP contribution in [0.2, 0.25) is 0 Å². The molecule has 0 aromatic heterocycles. The second-order valence-electron chi connectivity index (χ2n) is 6.23. The molecule has 0 aromatic carbocycles. The number of amides is 1. The van der Waals surface area contributed by atoms with Crippen LogP contribution in [-0.2, 0) is 9.59 Å². The summed E-state index contributed by atoms with van der Waals surface area (Å²) in [5.41, 5.74) is 5.82. The van der Waals surface area contributed by atoms with Crippen molar-refractivity contribution in [2.45, 2.75) is 58.5 Å². The number of hydrogen-bond donors (Lipinski definition) is 3. The first-order valence-electron chi connectivity index (χ1n) is 6.49. The molecule has 1 fully saturated rings. The van der Waals surface area contributed by atoms with Gasteiger partial charge in [-0.25, -0.2) is 0 Å². The maximum atomic E-state index is 11.8. The molecule has 1 saturated carbocycles. The number of hydrogen-bond acceptors (Lipinski definition) is 3. The molecule has 1 aliphatic rings. The van der Waals surface area contributed by atoms with Gasteiger partial charge in [-0.3, -0.25) is 9.59 Å². The Morgan fingerprint density at radius 3 is 2.50 bits per heavy atom. The average Bonchev–Trinajstić information content (AvgIpc) is 2.63. The SMILES string of the molecule is CC(C)(C)C(N)CC(=O)NC1CCCC1C(=O)O. The van der Waals surface area contributed by atoms with E-state index in [2.05, 4.69) is 5.32 Å². The summed E-state index contributed by atoms with van der Waals surface area (Å²) in [6.45, 7) is 5.96. The molecule has 3 unspecified atom stereocenters. The number of carboxylic acids is 1. The molecule has 5 heteroatoms. The van der Waals surface area contributed by atoms with E-state index < -0.39 is 11.9 Å². The predicted molar refractivity (Wildman–Crippen MR) is 69.0 cm³/mol. The van der Waals surface area contributed by atoms with Crippen LogP contribution in [0.4, 0.5) is 0 Å². The van der Waals surface area contributed by atoms with Gasteiger partial charge in [-0.05, 0) is 18.3 Å². The van der Waals surface area contributed by atoms with Gasteiger partial charge in [0.05, 0.1) is 5.92 Å². The third-order valence-electron chi connectivity index (χ3n) is 3.70. The maximum absolute atomic E-state index is 11.8. The van der Waals surface area contributed by atoms with E-state index in [1.165, 1.54) is 0 Å². The second kappa shape index (κ2) is 5.69. The zero-order valence-electron chi connectivity index (χ0n) is 11.4. The van der Waals surface area contributed by atoms with Crippen molar-refractivity contribution >= 4 is 11.9 Å². The standard InChI is InChI=1S/C13H24N2O3/c1-13(2,3)10(14)7-11(16)15-9-6-4-5-8(9)12(17)18/h8-10H,4-7,14H2,1-3H3,(H,15,16)(H,17,18). The number of rotatable bonds is 4.